The third kappa shape index (κ3) is 1.89. The molecule has 2 bridgehead atoms. The molecule has 0 N–H and O–H groups in total. The van der Waals surface area contributed by atoms with Gasteiger partial charge in [-0.3, -0.25) is 9.78 Å². The van der Waals surface area contributed by atoms with E-state index in [1.807, 2.05) is 6.07 Å². The van der Waals surface area contributed by atoms with Crippen LogP contribution in [0, 0.1) is 16.7 Å². The van der Waals surface area contributed by atoms with E-state index in [9.17, 15) is 18.8 Å². The van der Waals surface area contributed by atoms with Crippen molar-refractivity contribution in [1.82, 2.24) is 9.88 Å². The van der Waals surface area contributed by atoms with Gasteiger partial charge in [0.15, 0.2) is 0 Å². The molecule has 0 aromatic carbocycles. The van der Waals surface area contributed by atoms with Crippen LogP contribution >= 0.6 is 0 Å². The van der Waals surface area contributed by atoms with Gasteiger partial charge in [-0.15, -0.1) is 0 Å². The highest BCUT2D eigenvalue weighted by atomic mass is 19.3. The van der Waals surface area contributed by atoms with Gasteiger partial charge in [-0.05, 0) is 19.8 Å². The zero-order valence-electron chi connectivity index (χ0n) is 13.3. The van der Waals surface area contributed by atoms with Crippen LogP contribution in [-0.4, -0.2) is 34.4 Å². The predicted molar refractivity (Wildman–Crippen MR) is 79.3 cm³/mol. The highest BCUT2D eigenvalue weighted by molar-refractivity contribution is 5.85. The van der Waals surface area contributed by atoms with E-state index in [0.29, 0.717) is 29.7 Å². The maximum Gasteiger partial charge on any atom is 0.262 e. The monoisotopic (exact) mass is 333 g/mol. The van der Waals surface area contributed by atoms with E-state index in [1.54, 1.807) is 6.20 Å². The molecule has 3 atom stereocenters. The molecule has 7 heteroatoms. The molecule has 3 aliphatic rings. The first-order chi connectivity index (χ1) is 11.4. The van der Waals surface area contributed by atoms with Gasteiger partial charge in [-0.2, -0.15) is 5.26 Å². The van der Waals surface area contributed by atoms with E-state index in [2.05, 4.69) is 4.98 Å². The van der Waals surface area contributed by atoms with Gasteiger partial charge in [0.05, 0.1) is 12.6 Å². The molecule has 1 aromatic heterocycles. The highest BCUT2D eigenvalue weighted by Gasteiger charge is 2.61. The van der Waals surface area contributed by atoms with Gasteiger partial charge in [0.2, 0.25) is 5.91 Å². The molecule has 1 aromatic rings. The number of aromatic nitrogens is 1. The van der Waals surface area contributed by atoms with Crippen LogP contribution in [0.3, 0.4) is 0 Å². The molecule has 126 valence electrons. The number of hydrogen-bond acceptors (Lipinski definition) is 4. The maximum absolute atomic E-state index is 14.3. The number of halogens is 2. The third-order valence-electron chi connectivity index (χ3n) is 5.66. The lowest BCUT2D eigenvalue weighted by Crippen LogP contribution is -2.49. The Morgan fingerprint density at radius 1 is 1.46 bits per heavy atom. The molecule has 2 fully saturated rings. The van der Waals surface area contributed by atoms with Crippen LogP contribution in [0.25, 0.3) is 0 Å². The van der Waals surface area contributed by atoms with Crippen molar-refractivity contribution in [3.8, 4) is 11.8 Å². The van der Waals surface area contributed by atoms with Crippen LogP contribution in [-0.2, 0) is 4.79 Å². The zero-order valence-corrected chi connectivity index (χ0v) is 13.3. The first-order valence-corrected chi connectivity index (χ1v) is 8.11. The molecular weight excluding hydrogens is 316 g/mol. The number of carbonyl (C=O) groups is 1. The van der Waals surface area contributed by atoms with Gasteiger partial charge < -0.3 is 9.64 Å². The van der Waals surface area contributed by atoms with Gasteiger partial charge in [-0.1, -0.05) is 0 Å². The van der Waals surface area contributed by atoms with E-state index in [1.165, 1.54) is 18.0 Å². The van der Waals surface area contributed by atoms with E-state index in [4.69, 9.17) is 4.74 Å². The van der Waals surface area contributed by atoms with E-state index in [-0.39, 0.29) is 31.5 Å². The number of nitriles is 1. The Morgan fingerprint density at radius 2 is 2.25 bits per heavy atom. The lowest BCUT2D eigenvalue weighted by molar-refractivity contribution is -0.163. The predicted octanol–water partition coefficient (Wildman–Crippen LogP) is 2.81. The molecular formula is C17H17F2N3O2. The van der Waals surface area contributed by atoms with Gasteiger partial charge in [0, 0.05) is 30.8 Å². The van der Waals surface area contributed by atoms with Crippen LogP contribution < -0.4 is 4.74 Å². The molecule has 1 saturated heterocycles. The third-order valence-corrected chi connectivity index (χ3v) is 5.66. The summed E-state index contributed by atoms with van der Waals surface area (Å²) in [7, 11) is 0. The van der Waals surface area contributed by atoms with Crippen molar-refractivity contribution in [3.05, 3.63) is 23.5 Å². The SMILES string of the molecule is CC1(C(=O)N2C[C@@H]3C[C@H]2c2cncc(C#N)c2O3)CCCC1(F)F. The number of rotatable bonds is 1. The summed E-state index contributed by atoms with van der Waals surface area (Å²) in [6.07, 6.45) is 3.57. The largest absolute Gasteiger partial charge is 0.487 e. The Bertz CT molecular complexity index is 761. The number of likely N-dealkylation sites (tertiary alicyclic amines) is 1. The molecule has 4 rings (SSSR count). The van der Waals surface area contributed by atoms with Crippen molar-refractivity contribution in [3.63, 3.8) is 0 Å². The zero-order chi connectivity index (χ0) is 17.1. The molecule has 1 amide bonds. The van der Waals surface area contributed by atoms with Crippen LogP contribution in [0.1, 0.15) is 49.8 Å². The van der Waals surface area contributed by atoms with E-state index < -0.39 is 17.2 Å². The first kappa shape index (κ1) is 15.3. The Labute approximate surface area is 138 Å². The normalized spacial score (nSPS) is 32.8. The van der Waals surface area contributed by atoms with Crippen LogP contribution in [0.15, 0.2) is 12.4 Å². The summed E-state index contributed by atoms with van der Waals surface area (Å²) < 4.78 is 34.5. The second-order valence-electron chi connectivity index (χ2n) is 7.06. The summed E-state index contributed by atoms with van der Waals surface area (Å²) in [6, 6.07) is 1.69. The van der Waals surface area contributed by atoms with Crippen molar-refractivity contribution >= 4 is 5.91 Å². The average Bonchev–Trinajstić information content (AvgIpc) is 3.04. The molecule has 1 unspecified atom stereocenters. The molecule has 0 radical (unpaired) electrons. The minimum absolute atomic E-state index is 0.191. The standard InChI is InChI=1S/C17H17F2N3O2/c1-16(3-2-4-17(16,18)19)15(23)22-9-11-5-13(22)12-8-21-7-10(6-20)14(12)24-11/h7-8,11,13H,2-5,9H2,1H3/t11-,13-,16?/m0/s1. The number of amides is 1. The van der Waals surface area contributed by atoms with Crippen LogP contribution in [0.4, 0.5) is 8.78 Å². The average molecular weight is 333 g/mol. The van der Waals surface area contributed by atoms with Gasteiger partial charge in [0.1, 0.15) is 28.9 Å². The fraction of sp³-hybridized carbons (Fsp3) is 0.588. The fourth-order valence-electron chi connectivity index (χ4n) is 4.19. The number of fused-ring (bicyclic) bond motifs is 4. The summed E-state index contributed by atoms with van der Waals surface area (Å²) >= 11 is 0. The number of hydrogen-bond donors (Lipinski definition) is 0. The first-order valence-electron chi connectivity index (χ1n) is 8.11. The van der Waals surface area contributed by atoms with Gasteiger partial charge >= 0.3 is 0 Å². The molecule has 5 nitrogen and oxygen atoms in total. The lowest BCUT2D eigenvalue weighted by atomic mass is 9.83. The van der Waals surface area contributed by atoms with Gasteiger partial charge in [-0.25, -0.2) is 8.78 Å². The number of nitrogens with zero attached hydrogens (tertiary/aromatic N) is 3. The van der Waals surface area contributed by atoms with Crippen molar-refractivity contribution in [2.24, 2.45) is 5.41 Å². The van der Waals surface area contributed by atoms with E-state index in [0.717, 1.165) is 0 Å². The lowest BCUT2D eigenvalue weighted by Gasteiger charge is -2.36. The van der Waals surface area contributed by atoms with E-state index >= 15 is 0 Å². The Hall–Kier alpha value is -2.23. The Balaban J connectivity index is 1.72. The summed E-state index contributed by atoms with van der Waals surface area (Å²) in [5, 5.41) is 9.19. The second-order valence-corrected chi connectivity index (χ2v) is 7.06. The highest BCUT2D eigenvalue weighted by Crippen LogP contribution is 2.54. The van der Waals surface area contributed by atoms with Crippen molar-refractivity contribution in [2.75, 3.05) is 6.54 Å². The number of alkyl halides is 2. The van der Waals surface area contributed by atoms with Crippen LogP contribution in [0.2, 0.25) is 0 Å². The van der Waals surface area contributed by atoms with Crippen molar-refractivity contribution in [2.45, 2.75) is 50.7 Å². The number of carbonyl (C=O) groups excluding carboxylic acids is 1. The second kappa shape index (κ2) is 4.88. The minimum Gasteiger partial charge on any atom is -0.487 e. The molecule has 0 spiro atoms. The Kier molecular flexibility index (Phi) is 3.11. The summed E-state index contributed by atoms with van der Waals surface area (Å²) in [5.41, 5.74) is -0.708. The van der Waals surface area contributed by atoms with Crippen molar-refractivity contribution < 1.29 is 18.3 Å². The quantitative estimate of drug-likeness (QED) is 0.793. The summed E-state index contributed by atoms with van der Waals surface area (Å²) in [5.74, 6) is -3.07. The topological polar surface area (TPSA) is 66.2 Å². The molecule has 2 aliphatic heterocycles. The molecule has 24 heavy (non-hydrogen) atoms. The fourth-order valence-corrected chi connectivity index (χ4v) is 4.19. The number of pyridine rings is 1. The van der Waals surface area contributed by atoms with Crippen LogP contribution in [0.5, 0.6) is 5.75 Å². The maximum atomic E-state index is 14.3. The summed E-state index contributed by atoms with van der Waals surface area (Å²) in [6.45, 7) is 1.64. The number of ether oxygens (including phenoxy) is 1. The molecule has 1 aliphatic carbocycles. The Morgan fingerprint density at radius 3 is 2.92 bits per heavy atom. The smallest absolute Gasteiger partial charge is 0.262 e. The van der Waals surface area contributed by atoms with Gasteiger partial charge in [0.25, 0.3) is 5.92 Å². The van der Waals surface area contributed by atoms with Crippen molar-refractivity contribution in [1.29, 1.82) is 5.26 Å². The molecule has 3 heterocycles. The summed E-state index contributed by atoms with van der Waals surface area (Å²) in [4.78, 5) is 18.5. The molecule has 1 saturated carbocycles. The minimum atomic E-state index is -2.99.